The van der Waals surface area contributed by atoms with Gasteiger partial charge in [0.2, 0.25) is 10.0 Å². The summed E-state index contributed by atoms with van der Waals surface area (Å²) in [5, 5.41) is 12.1. The third-order valence-electron chi connectivity index (χ3n) is 3.88. The Morgan fingerprint density at radius 3 is 2.38 bits per heavy atom. The Hall–Kier alpha value is -2.65. The second kappa shape index (κ2) is 7.71. The molecule has 0 aliphatic carbocycles. The monoisotopic (exact) mass is 380 g/mol. The standard InChI is InChI=1S/C17H20N2O6S/c1-17(16(21)22,12-6-4-3-5-7-12)11-18-15(20)14-9-8-13(25-14)10-19-26(2,23)24/h3-9,19H,10-11H2,1-2H3,(H,18,20)(H,21,22). The van der Waals surface area contributed by atoms with E-state index in [2.05, 4.69) is 10.0 Å². The van der Waals surface area contributed by atoms with Crippen LogP contribution in [-0.4, -0.2) is 38.2 Å². The molecule has 1 heterocycles. The highest BCUT2D eigenvalue weighted by atomic mass is 32.2. The summed E-state index contributed by atoms with van der Waals surface area (Å²) < 4.78 is 29.7. The Balaban J connectivity index is 2.05. The highest BCUT2D eigenvalue weighted by Gasteiger charge is 2.35. The van der Waals surface area contributed by atoms with Crippen molar-refractivity contribution < 1.29 is 27.5 Å². The van der Waals surface area contributed by atoms with E-state index in [1.54, 1.807) is 30.3 Å². The average Bonchev–Trinajstić information content (AvgIpc) is 3.07. The van der Waals surface area contributed by atoms with Gasteiger partial charge in [0, 0.05) is 6.54 Å². The topological polar surface area (TPSA) is 126 Å². The van der Waals surface area contributed by atoms with Gasteiger partial charge in [-0.2, -0.15) is 0 Å². The van der Waals surface area contributed by atoms with Gasteiger partial charge in [0.05, 0.1) is 12.8 Å². The van der Waals surface area contributed by atoms with Crippen LogP contribution in [0.15, 0.2) is 46.9 Å². The number of hydrogen-bond acceptors (Lipinski definition) is 5. The molecule has 0 aliphatic heterocycles. The molecule has 140 valence electrons. The summed E-state index contributed by atoms with van der Waals surface area (Å²) in [6.07, 6.45) is 1.01. The molecular formula is C17H20N2O6S. The zero-order chi connectivity index (χ0) is 19.4. The molecule has 0 fully saturated rings. The fraction of sp³-hybridized carbons (Fsp3) is 0.294. The largest absolute Gasteiger partial charge is 0.481 e. The van der Waals surface area contributed by atoms with Gasteiger partial charge in [0.1, 0.15) is 11.2 Å². The Kier molecular flexibility index (Phi) is 5.83. The molecule has 1 atom stereocenters. The fourth-order valence-corrected chi connectivity index (χ4v) is 2.65. The third kappa shape index (κ3) is 4.93. The number of carboxylic acid groups (broad SMARTS) is 1. The van der Waals surface area contributed by atoms with Gasteiger partial charge in [-0.3, -0.25) is 9.59 Å². The number of carboxylic acids is 1. The van der Waals surface area contributed by atoms with Crippen molar-refractivity contribution in [2.24, 2.45) is 0 Å². The van der Waals surface area contributed by atoms with Crippen LogP contribution in [0.2, 0.25) is 0 Å². The number of aliphatic carboxylic acids is 1. The molecule has 1 aromatic heterocycles. The fourth-order valence-electron chi connectivity index (χ4n) is 2.25. The van der Waals surface area contributed by atoms with E-state index in [-0.39, 0.29) is 24.6 Å². The van der Waals surface area contributed by atoms with Gasteiger partial charge in [-0.05, 0) is 24.6 Å². The number of sulfonamides is 1. The highest BCUT2D eigenvalue weighted by Crippen LogP contribution is 2.23. The first-order chi connectivity index (χ1) is 12.1. The van der Waals surface area contributed by atoms with Gasteiger partial charge in [-0.15, -0.1) is 0 Å². The molecule has 1 amide bonds. The van der Waals surface area contributed by atoms with E-state index in [9.17, 15) is 23.1 Å². The SMILES string of the molecule is CC(CNC(=O)c1ccc(CNS(C)(=O)=O)o1)(C(=O)O)c1ccccc1. The van der Waals surface area contributed by atoms with E-state index in [0.29, 0.717) is 5.56 Å². The third-order valence-corrected chi connectivity index (χ3v) is 4.55. The van der Waals surface area contributed by atoms with E-state index in [0.717, 1.165) is 6.26 Å². The quantitative estimate of drug-likeness (QED) is 0.630. The summed E-state index contributed by atoms with van der Waals surface area (Å²) >= 11 is 0. The number of benzene rings is 1. The summed E-state index contributed by atoms with van der Waals surface area (Å²) in [6.45, 7) is 1.31. The maximum atomic E-state index is 12.2. The maximum Gasteiger partial charge on any atom is 0.315 e. The van der Waals surface area contributed by atoms with Crippen LogP contribution in [0.5, 0.6) is 0 Å². The summed E-state index contributed by atoms with van der Waals surface area (Å²) in [5.74, 6) is -1.42. The Bertz CT molecular complexity index is 891. The van der Waals surface area contributed by atoms with Crippen LogP contribution in [0.25, 0.3) is 0 Å². The van der Waals surface area contributed by atoms with E-state index in [4.69, 9.17) is 4.42 Å². The average molecular weight is 380 g/mol. The summed E-state index contributed by atoms with van der Waals surface area (Å²) in [5.41, 5.74) is -0.741. The Morgan fingerprint density at radius 1 is 1.15 bits per heavy atom. The lowest BCUT2D eigenvalue weighted by molar-refractivity contribution is -0.142. The lowest BCUT2D eigenvalue weighted by Crippen LogP contribution is -2.44. The van der Waals surface area contributed by atoms with Crippen LogP contribution in [0, 0.1) is 0 Å². The number of amides is 1. The molecule has 0 aliphatic rings. The lowest BCUT2D eigenvalue weighted by Gasteiger charge is -2.25. The zero-order valence-electron chi connectivity index (χ0n) is 14.4. The van der Waals surface area contributed by atoms with E-state index in [1.807, 2.05) is 0 Å². The molecule has 0 saturated carbocycles. The van der Waals surface area contributed by atoms with Crippen molar-refractivity contribution in [2.75, 3.05) is 12.8 Å². The van der Waals surface area contributed by atoms with Crippen molar-refractivity contribution in [1.82, 2.24) is 10.0 Å². The van der Waals surface area contributed by atoms with Crippen LogP contribution in [0.4, 0.5) is 0 Å². The molecule has 9 heteroatoms. The van der Waals surface area contributed by atoms with Crippen molar-refractivity contribution in [3.63, 3.8) is 0 Å². The van der Waals surface area contributed by atoms with Gasteiger partial charge in [-0.1, -0.05) is 30.3 Å². The minimum Gasteiger partial charge on any atom is -0.481 e. The number of carbonyl (C=O) groups is 2. The zero-order valence-corrected chi connectivity index (χ0v) is 15.2. The van der Waals surface area contributed by atoms with Gasteiger partial charge in [-0.25, -0.2) is 13.1 Å². The van der Waals surface area contributed by atoms with Gasteiger partial charge >= 0.3 is 5.97 Å². The van der Waals surface area contributed by atoms with Crippen molar-refractivity contribution in [3.05, 3.63) is 59.5 Å². The minimum absolute atomic E-state index is 0.0314. The lowest BCUT2D eigenvalue weighted by atomic mass is 9.82. The van der Waals surface area contributed by atoms with Gasteiger partial charge in [0.25, 0.3) is 5.91 Å². The molecule has 1 unspecified atom stereocenters. The van der Waals surface area contributed by atoms with Crippen LogP contribution >= 0.6 is 0 Å². The Labute approximate surface area is 151 Å². The summed E-state index contributed by atoms with van der Waals surface area (Å²) in [7, 11) is -3.38. The molecule has 0 bridgehead atoms. The molecule has 26 heavy (non-hydrogen) atoms. The number of furan rings is 1. The van der Waals surface area contributed by atoms with E-state index < -0.39 is 27.3 Å². The predicted octanol–water partition coefficient (Wildman–Crippen LogP) is 1.10. The molecule has 8 nitrogen and oxygen atoms in total. The van der Waals surface area contributed by atoms with Crippen molar-refractivity contribution in [2.45, 2.75) is 18.9 Å². The molecule has 0 radical (unpaired) electrons. The molecule has 0 spiro atoms. The van der Waals surface area contributed by atoms with Crippen molar-refractivity contribution >= 4 is 21.9 Å². The van der Waals surface area contributed by atoms with Crippen LogP contribution in [0.1, 0.15) is 28.8 Å². The highest BCUT2D eigenvalue weighted by molar-refractivity contribution is 7.88. The molecule has 3 N–H and O–H groups in total. The normalized spacial score (nSPS) is 13.8. The maximum absolute atomic E-state index is 12.2. The molecule has 0 saturated heterocycles. The number of rotatable bonds is 8. The molecule has 2 aromatic rings. The summed E-state index contributed by atoms with van der Waals surface area (Å²) in [6, 6.07) is 11.5. The number of hydrogen-bond donors (Lipinski definition) is 3. The number of nitrogens with one attached hydrogen (secondary N) is 2. The number of carbonyl (C=O) groups excluding carboxylic acids is 1. The van der Waals surface area contributed by atoms with Crippen molar-refractivity contribution in [1.29, 1.82) is 0 Å². The first kappa shape index (κ1) is 19.7. The first-order valence-electron chi connectivity index (χ1n) is 7.72. The van der Waals surface area contributed by atoms with Crippen LogP contribution in [-0.2, 0) is 26.8 Å². The van der Waals surface area contributed by atoms with Crippen LogP contribution in [0.3, 0.4) is 0 Å². The van der Waals surface area contributed by atoms with E-state index >= 15 is 0 Å². The predicted molar refractivity (Wildman–Crippen MR) is 94.2 cm³/mol. The summed E-state index contributed by atoms with van der Waals surface area (Å²) in [4.78, 5) is 23.9. The van der Waals surface area contributed by atoms with E-state index in [1.165, 1.54) is 19.1 Å². The van der Waals surface area contributed by atoms with Crippen molar-refractivity contribution in [3.8, 4) is 0 Å². The second-order valence-electron chi connectivity index (χ2n) is 6.05. The second-order valence-corrected chi connectivity index (χ2v) is 7.88. The van der Waals surface area contributed by atoms with Crippen LogP contribution < -0.4 is 10.0 Å². The molecular weight excluding hydrogens is 360 g/mol. The smallest absolute Gasteiger partial charge is 0.315 e. The first-order valence-corrected chi connectivity index (χ1v) is 9.61. The van der Waals surface area contributed by atoms with Gasteiger partial charge in [0.15, 0.2) is 5.76 Å². The Morgan fingerprint density at radius 2 is 1.81 bits per heavy atom. The minimum atomic E-state index is -3.38. The molecule has 2 rings (SSSR count). The molecule has 1 aromatic carbocycles. The van der Waals surface area contributed by atoms with Gasteiger partial charge < -0.3 is 14.8 Å².